The van der Waals surface area contributed by atoms with Crippen molar-refractivity contribution in [3.8, 4) is 0 Å². The molecule has 0 unspecified atom stereocenters. The normalized spacial score (nSPS) is 15.9. The van der Waals surface area contributed by atoms with E-state index in [1.165, 1.54) is 16.7 Å². The van der Waals surface area contributed by atoms with Crippen LogP contribution in [0.2, 0.25) is 0 Å². The number of rotatable bonds is 19. The van der Waals surface area contributed by atoms with Crippen LogP contribution in [0.4, 0.5) is 0 Å². The summed E-state index contributed by atoms with van der Waals surface area (Å²) in [6, 6.07) is 32.1. The SMILES string of the molecule is O=C(O)CN1CCN(CC(=O)O)CCN(CC(=O)NCCCCCCSC(c2ccccc2)(c2ccccc2)c2ccccc2)CCN(CC(=O)O)CC1. The van der Waals surface area contributed by atoms with Crippen molar-refractivity contribution in [2.75, 3.05) is 90.8 Å². The minimum Gasteiger partial charge on any atom is -0.480 e. The summed E-state index contributed by atoms with van der Waals surface area (Å²) in [6.45, 7) is 2.95. The zero-order chi connectivity index (χ0) is 38.6. The Morgan fingerprint density at radius 1 is 0.500 bits per heavy atom. The van der Waals surface area contributed by atoms with E-state index in [9.17, 15) is 34.5 Å². The van der Waals surface area contributed by atoms with Crippen LogP contribution in [0.3, 0.4) is 0 Å². The summed E-state index contributed by atoms with van der Waals surface area (Å²) < 4.78 is -0.337. The van der Waals surface area contributed by atoms with E-state index < -0.39 is 17.9 Å². The number of hydrogen-bond donors (Lipinski definition) is 4. The molecular formula is C41H55N5O7S. The van der Waals surface area contributed by atoms with Gasteiger partial charge in [-0.15, -0.1) is 11.8 Å². The third-order valence-corrected chi connectivity index (χ3v) is 11.3. The van der Waals surface area contributed by atoms with Gasteiger partial charge in [-0.1, -0.05) is 104 Å². The van der Waals surface area contributed by atoms with Gasteiger partial charge >= 0.3 is 17.9 Å². The molecule has 0 spiro atoms. The predicted molar refractivity (Wildman–Crippen MR) is 212 cm³/mol. The van der Waals surface area contributed by atoms with Gasteiger partial charge in [0.2, 0.25) is 5.91 Å². The van der Waals surface area contributed by atoms with Gasteiger partial charge in [0.05, 0.1) is 30.9 Å². The molecule has 0 atom stereocenters. The third kappa shape index (κ3) is 14.2. The van der Waals surface area contributed by atoms with Gasteiger partial charge in [0.25, 0.3) is 0 Å². The van der Waals surface area contributed by atoms with E-state index >= 15 is 0 Å². The van der Waals surface area contributed by atoms with Crippen molar-refractivity contribution >= 4 is 35.6 Å². The summed E-state index contributed by atoms with van der Waals surface area (Å²) in [7, 11) is 0. The lowest BCUT2D eigenvalue weighted by atomic mass is 9.84. The number of carboxylic acids is 3. The monoisotopic (exact) mass is 761 g/mol. The van der Waals surface area contributed by atoms with Crippen molar-refractivity contribution in [1.82, 2.24) is 24.9 Å². The summed E-state index contributed by atoms with van der Waals surface area (Å²) in [5.41, 5.74) is 3.75. The number of unbranched alkanes of at least 4 members (excludes halogenated alkanes) is 3. The van der Waals surface area contributed by atoms with Gasteiger partial charge in [-0.3, -0.25) is 38.8 Å². The highest BCUT2D eigenvalue weighted by atomic mass is 32.2. The highest BCUT2D eigenvalue weighted by Crippen LogP contribution is 2.48. The van der Waals surface area contributed by atoms with Gasteiger partial charge in [0.1, 0.15) is 0 Å². The van der Waals surface area contributed by atoms with Crippen molar-refractivity contribution in [3.05, 3.63) is 108 Å². The summed E-state index contributed by atoms with van der Waals surface area (Å²) in [5, 5.41) is 31.3. The molecule has 1 saturated heterocycles. The Bertz CT molecular complexity index is 1460. The molecule has 12 nitrogen and oxygen atoms in total. The molecule has 3 aromatic carbocycles. The van der Waals surface area contributed by atoms with E-state index in [1.54, 1.807) is 14.7 Å². The Morgan fingerprint density at radius 3 is 1.19 bits per heavy atom. The fourth-order valence-electron chi connectivity index (χ4n) is 6.85. The van der Waals surface area contributed by atoms with Crippen molar-refractivity contribution in [1.29, 1.82) is 0 Å². The second-order valence-electron chi connectivity index (χ2n) is 13.7. The number of aliphatic carboxylic acids is 3. The fraction of sp³-hybridized carbons (Fsp3) is 0.463. The van der Waals surface area contributed by atoms with Crippen LogP contribution in [-0.2, 0) is 23.9 Å². The molecule has 1 aliphatic rings. The van der Waals surface area contributed by atoms with Gasteiger partial charge < -0.3 is 20.6 Å². The molecule has 1 aliphatic heterocycles. The molecule has 0 saturated carbocycles. The molecule has 13 heteroatoms. The maximum absolute atomic E-state index is 13.1. The van der Waals surface area contributed by atoms with Crippen LogP contribution < -0.4 is 5.32 Å². The van der Waals surface area contributed by atoms with Crippen LogP contribution in [0.5, 0.6) is 0 Å². The first-order valence-corrected chi connectivity index (χ1v) is 19.8. The number of carboxylic acid groups (broad SMARTS) is 3. The predicted octanol–water partition coefficient (Wildman–Crippen LogP) is 3.86. The van der Waals surface area contributed by atoms with Gasteiger partial charge in [0, 0.05) is 58.9 Å². The molecule has 0 radical (unpaired) electrons. The van der Waals surface area contributed by atoms with Crippen LogP contribution in [0.25, 0.3) is 0 Å². The van der Waals surface area contributed by atoms with Crippen LogP contribution in [0, 0.1) is 0 Å². The Labute approximate surface area is 323 Å². The number of thioether (sulfide) groups is 1. The maximum Gasteiger partial charge on any atom is 0.317 e. The molecule has 4 N–H and O–H groups in total. The molecule has 1 heterocycles. The average Bonchev–Trinajstić information content (AvgIpc) is 3.16. The lowest BCUT2D eigenvalue weighted by molar-refractivity contribution is -0.140. The maximum atomic E-state index is 13.1. The smallest absolute Gasteiger partial charge is 0.317 e. The highest BCUT2D eigenvalue weighted by molar-refractivity contribution is 8.00. The minimum absolute atomic E-state index is 0.115. The Morgan fingerprint density at radius 2 is 0.833 bits per heavy atom. The Kier molecular flexibility index (Phi) is 18.0. The van der Waals surface area contributed by atoms with Gasteiger partial charge in [-0.05, 0) is 35.3 Å². The first kappa shape index (κ1) is 42.5. The first-order chi connectivity index (χ1) is 26.2. The summed E-state index contributed by atoms with van der Waals surface area (Å²) in [6.07, 6.45) is 3.90. The average molecular weight is 762 g/mol. The molecule has 4 rings (SSSR count). The van der Waals surface area contributed by atoms with Crippen LogP contribution >= 0.6 is 11.8 Å². The van der Waals surface area contributed by atoms with E-state index in [4.69, 9.17) is 0 Å². The van der Waals surface area contributed by atoms with E-state index in [0.29, 0.717) is 58.9 Å². The number of nitrogens with zero attached hydrogens (tertiary/aromatic N) is 4. The molecule has 1 fully saturated rings. The molecule has 3 aromatic rings. The summed E-state index contributed by atoms with van der Waals surface area (Å²) >= 11 is 1.96. The summed E-state index contributed by atoms with van der Waals surface area (Å²) in [5.74, 6) is -2.12. The number of carbonyl (C=O) groups is 4. The van der Waals surface area contributed by atoms with Gasteiger partial charge in [-0.2, -0.15) is 0 Å². The number of hydrogen-bond acceptors (Lipinski definition) is 9. The van der Waals surface area contributed by atoms with Gasteiger partial charge in [-0.25, -0.2) is 0 Å². The second-order valence-corrected chi connectivity index (χ2v) is 15.0. The molecule has 1 amide bonds. The zero-order valence-corrected chi connectivity index (χ0v) is 31.9. The number of nitrogens with one attached hydrogen (secondary N) is 1. The number of benzene rings is 3. The molecule has 0 aromatic heterocycles. The van der Waals surface area contributed by atoms with E-state index in [2.05, 4.69) is 96.3 Å². The van der Waals surface area contributed by atoms with Crippen molar-refractivity contribution in [2.24, 2.45) is 0 Å². The van der Waals surface area contributed by atoms with Crippen LogP contribution in [-0.4, -0.2) is 150 Å². The Hall–Kier alpha value is -4.27. The number of amides is 1. The minimum atomic E-state index is -1.000. The second kappa shape index (κ2) is 22.8. The molecule has 292 valence electrons. The summed E-state index contributed by atoms with van der Waals surface area (Å²) in [4.78, 5) is 54.8. The standard InChI is InChI=1S/C41H55N5O7S/c47-37(30-43-21-23-44(31-38(48)49)25-27-46(33-40(52)53)28-26-45(24-22-43)32-39(50)51)42-20-12-1-2-13-29-54-41(34-14-6-3-7-15-34,35-16-8-4-9-17-35)36-18-10-5-11-19-36/h3-11,14-19H,1-2,12-13,20-33H2,(H,42,47)(H,48,49)(H,50,51)(H,52,53). The number of carbonyl (C=O) groups excluding carboxylic acids is 1. The van der Waals surface area contributed by atoms with E-state index in [0.717, 1.165) is 31.4 Å². The third-order valence-electron chi connectivity index (χ3n) is 9.63. The lowest BCUT2D eigenvalue weighted by Crippen LogP contribution is -2.49. The van der Waals surface area contributed by atoms with E-state index in [-0.39, 0.29) is 36.8 Å². The van der Waals surface area contributed by atoms with Crippen molar-refractivity contribution in [3.63, 3.8) is 0 Å². The van der Waals surface area contributed by atoms with Crippen molar-refractivity contribution < 1.29 is 34.5 Å². The van der Waals surface area contributed by atoms with E-state index in [1.807, 2.05) is 16.7 Å². The topological polar surface area (TPSA) is 154 Å². The zero-order valence-electron chi connectivity index (χ0n) is 31.1. The molecule has 54 heavy (non-hydrogen) atoms. The largest absolute Gasteiger partial charge is 0.480 e. The van der Waals surface area contributed by atoms with Crippen LogP contribution in [0.1, 0.15) is 42.4 Å². The first-order valence-electron chi connectivity index (χ1n) is 18.8. The fourth-order valence-corrected chi connectivity index (χ4v) is 8.41. The van der Waals surface area contributed by atoms with Crippen molar-refractivity contribution in [2.45, 2.75) is 30.4 Å². The molecule has 0 bridgehead atoms. The Balaban J connectivity index is 1.27. The quantitative estimate of drug-likeness (QED) is 0.104. The lowest BCUT2D eigenvalue weighted by Gasteiger charge is -2.35. The van der Waals surface area contributed by atoms with Crippen LogP contribution in [0.15, 0.2) is 91.0 Å². The highest BCUT2D eigenvalue weighted by Gasteiger charge is 2.36. The molecule has 0 aliphatic carbocycles. The van der Waals surface area contributed by atoms with Gasteiger partial charge in [0.15, 0.2) is 0 Å². The molecular weight excluding hydrogens is 707 g/mol.